The van der Waals surface area contributed by atoms with E-state index in [-0.39, 0.29) is 0 Å². The maximum Gasteiger partial charge on any atom is 0.119 e. The molecule has 0 radical (unpaired) electrons. The van der Waals surface area contributed by atoms with Crippen LogP contribution in [0.4, 0.5) is 0 Å². The molecule has 0 aliphatic carbocycles. The number of aliphatic hydroxyl groups excluding tert-OH is 1. The third-order valence-corrected chi connectivity index (χ3v) is 3.92. The van der Waals surface area contributed by atoms with Crippen LogP contribution in [0.25, 0.3) is 0 Å². The van der Waals surface area contributed by atoms with Crippen LogP contribution in [0.15, 0.2) is 52.3 Å². The zero-order chi connectivity index (χ0) is 14.5. The van der Waals surface area contributed by atoms with Crippen LogP contribution in [0.3, 0.4) is 0 Å². The predicted molar refractivity (Wildman–Crippen MR) is 78.9 cm³/mol. The van der Waals surface area contributed by atoms with Gasteiger partial charge in [0.1, 0.15) is 5.75 Å². The van der Waals surface area contributed by atoms with Gasteiger partial charge in [0.15, 0.2) is 0 Å². The molecular weight excluding hydrogens is 270 g/mol. The molecule has 0 amide bonds. The van der Waals surface area contributed by atoms with E-state index in [9.17, 15) is 5.11 Å². The number of hydrogen-bond acceptors (Lipinski definition) is 4. The van der Waals surface area contributed by atoms with Crippen molar-refractivity contribution in [3.8, 4) is 11.8 Å². The van der Waals surface area contributed by atoms with Gasteiger partial charge in [0.2, 0.25) is 0 Å². The first-order valence-corrected chi connectivity index (χ1v) is 6.99. The third-order valence-electron chi connectivity index (χ3n) is 2.86. The number of nitrogens with zero attached hydrogens (tertiary/aromatic N) is 1. The van der Waals surface area contributed by atoms with E-state index in [0.29, 0.717) is 5.56 Å². The fourth-order valence-corrected chi connectivity index (χ4v) is 2.95. The largest absolute Gasteiger partial charge is 0.497 e. The highest BCUT2D eigenvalue weighted by Crippen LogP contribution is 2.35. The summed E-state index contributed by atoms with van der Waals surface area (Å²) in [4.78, 5) is 1.88. The van der Waals surface area contributed by atoms with Gasteiger partial charge in [-0.15, -0.1) is 0 Å². The fourth-order valence-electron chi connectivity index (χ4n) is 1.83. The molecule has 2 aromatic rings. The van der Waals surface area contributed by atoms with Gasteiger partial charge in [0.05, 0.1) is 24.8 Å². The van der Waals surface area contributed by atoms with Crippen molar-refractivity contribution in [3.63, 3.8) is 0 Å². The minimum atomic E-state index is -0.573. The summed E-state index contributed by atoms with van der Waals surface area (Å²) in [5, 5.41) is 18.8. The number of benzene rings is 2. The summed E-state index contributed by atoms with van der Waals surface area (Å²) in [6.07, 6.45) is -0.573. The first-order chi connectivity index (χ1) is 9.63. The molecule has 0 saturated carbocycles. The highest BCUT2D eigenvalue weighted by Gasteiger charge is 2.11. The van der Waals surface area contributed by atoms with Crippen molar-refractivity contribution >= 4 is 11.8 Å². The van der Waals surface area contributed by atoms with Crippen LogP contribution in [-0.2, 0) is 0 Å². The van der Waals surface area contributed by atoms with Crippen LogP contribution < -0.4 is 4.74 Å². The second-order valence-corrected chi connectivity index (χ2v) is 5.44. The first-order valence-electron chi connectivity index (χ1n) is 6.18. The molecule has 1 N–H and O–H groups in total. The molecule has 2 rings (SSSR count). The minimum Gasteiger partial charge on any atom is -0.497 e. The Balaban J connectivity index is 2.38. The quantitative estimate of drug-likeness (QED) is 0.929. The number of rotatable bonds is 4. The van der Waals surface area contributed by atoms with E-state index in [1.807, 2.05) is 24.3 Å². The average Bonchev–Trinajstić information content (AvgIpc) is 2.47. The summed E-state index contributed by atoms with van der Waals surface area (Å²) in [6, 6.07) is 15.1. The van der Waals surface area contributed by atoms with Crippen LogP contribution in [-0.4, -0.2) is 12.2 Å². The van der Waals surface area contributed by atoms with Crippen molar-refractivity contribution in [3.05, 3.63) is 53.6 Å². The lowest BCUT2D eigenvalue weighted by Crippen LogP contribution is -1.95. The monoisotopic (exact) mass is 285 g/mol. The highest BCUT2D eigenvalue weighted by molar-refractivity contribution is 7.99. The van der Waals surface area contributed by atoms with Gasteiger partial charge in [0.25, 0.3) is 0 Å². The number of hydrogen-bond donors (Lipinski definition) is 1. The topological polar surface area (TPSA) is 53.2 Å². The van der Waals surface area contributed by atoms with Gasteiger partial charge in [-0.1, -0.05) is 23.9 Å². The van der Waals surface area contributed by atoms with E-state index in [2.05, 4.69) is 6.07 Å². The van der Waals surface area contributed by atoms with Crippen LogP contribution in [0.5, 0.6) is 5.75 Å². The fraction of sp³-hybridized carbons (Fsp3) is 0.188. The summed E-state index contributed by atoms with van der Waals surface area (Å²) < 4.78 is 5.20. The van der Waals surface area contributed by atoms with Crippen LogP contribution in [0.2, 0.25) is 0 Å². The Labute approximate surface area is 122 Å². The molecule has 4 heteroatoms. The van der Waals surface area contributed by atoms with Gasteiger partial charge >= 0.3 is 0 Å². The SMILES string of the molecule is COc1cccc(Sc2cc(C#N)ccc2[C@@H](C)O)c1. The van der Waals surface area contributed by atoms with Crippen molar-refractivity contribution < 1.29 is 9.84 Å². The average molecular weight is 285 g/mol. The smallest absolute Gasteiger partial charge is 0.119 e. The minimum absolute atomic E-state index is 0.573. The Kier molecular flexibility index (Phi) is 4.67. The number of aliphatic hydroxyl groups is 1. The maximum absolute atomic E-state index is 9.83. The summed E-state index contributed by atoms with van der Waals surface area (Å²) in [5.41, 5.74) is 1.40. The Morgan fingerprint density at radius 3 is 2.70 bits per heavy atom. The first kappa shape index (κ1) is 14.4. The molecule has 0 heterocycles. The Bertz CT molecular complexity index is 647. The number of nitriles is 1. The molecule has 0 aliphatic heterocycles. The number of methoxy groups -OCH3 is 1. The normalized spacial score (nSPS) is 11.7. The Hall–Kier alpha value is -1.96. The molecule has 102 valence electrons. The standard InChI is InChI=1S/C16H15NO2S/c1-11(18)15-7-6-12(10-17)8-16(15)20-14-5-3-4-13(9-14)19-2/h3-9,11,18H,1-2H3/t11-/m1/s1. The van der Waals surface area contributed by atoms with Gasteiger partial charge in [-0.3, -0.25) is 0 Å². The molecule has 0 unspecified atom stereocenters. The Morgan fingerprint density at radius 1 is 1.25 bits per heavy atom. The van der Waals surface area contributed by atoms with Crippen LogP contribution in [0.1, 0.15) is 24.2 Å². The van der Waals surface area contributed by atoms with Crippen molar-refractivity contribution in [1.82, 2.24) is 0 Å². The summed E-state index contributed by atoms with van der Waals surface area (Å²) in [7, 11) is 1.63. The maximum atomic E-state index is 9.83. The zero-order valence-corrected chi connectivity index (χ0v) is 12.1. The van der Waals surface area contributed by atoms with E-state index in [4.69, 9.17) is 10.00 Å². The summed E-state index contributed by atoms with van der Waals surface area (Å²) in [6.45, 7) is 1.72. The van der Waals surface area contributed by atoms with Crippen LogP contribution >= 0.6 is 11.8 Å². The van der Waals surface area contributed by atoms with E-state index < -0.39 is 6.10 Å². The molecular formula is C16H15NO2S. The van der Waals surface area contributed by atoms with Gasteiger partial charge in [-0.05, 0) is 42.8 Å². The highest BCUT2D eigenvalue weighted by atomic mass is 32.2. The van der Waals surface area contributed by atoms with Gasteiger partial charge in [-0.25, -0.2) is 0 Å². The second kappa shape index (κ2) is 6.47. The Morgan fingerprint density at radius 2 is 2.05 bits per heavy atom. The van der Waals surface area contributed by atoms with Crippen molar-refractivity contribution in [1.29, 1.82) is 5.26 Å². The molecule has 3 nitrogen and oxygen atoms in total. The zero-order valence-electron chi connectivity index (χ0n) is 11.3. The molecule has 0 fully saturated rings. The molecule has 0 saturated heterocycles. The molecule has 0 bridgehead atoms. The van der Waals surface area contributed by atoms with E-state index in [1.54, 1.807) is 32.2 Å². The molecule has 0 spiro atoms. The third kappa shape index (κ3) is 3.32. The van der Waals surface area contributed by atoms with Crippen molar-refractivity contribution in [2.24, 2.45) is 0 Å². The van der Waals surface area contributed by atoms with E-state index in [1.165, 1.54) is 11.8 Å². The number of ether oxygens (including phenoxy) is 1. The molecule has 0 aliphatic rings. The summed E-state index contributed by atoms with van der Waals surface area (Å²) in [5.74, 6) is 0.782. The van der Waals surface area contributed by atoms with Crippen molar-refractivity contribution in [2.45, 2.75) is 22.8 Å². The van der Waals surface area contributed by atoms with Gasteiger partial charge in [0, 0.05) is 9.79 Å². The molecule has 2 aromatic carbocycles. The van der Waals surface area contributed by atoms with Crippen molar-refractivity contribution in [2.75, 3.05) is 7.11 Å². The second-order valence-electron chi connectivity index (χ2n) is 4.32. The molecule has 20 heavy (non-hydrogen) atoms. The lowest BCUT2D eigenvalue weighted by Gasteiger charge is -2.12. The molecule has 1 atom stereocenters. The van der Waals surface area contributed by atoms with E-state index in [0.717, 1.165) is 21.1 Å². The summed E-state index contributed by atoms with van der Waals surface area (Å²) >= 11 is 1.51. The van der Waals surface area contributed by atoms with Crippen LogP contribution in [0, 0.1) is 11.3 Å². The lowest BCUT2D eigenvalue weighted by atomic mass is 10.1. The molecule has 0 aromatic heterocycles. The van der Waals surface area contributed by atoms with Gasteiger partial charge in [-0.2, -0.15) is 5.26 Å². The lowest BCUT2D eigenvalue weighted by molar-refractivity contribution is 0.196. The van der Waals surface area contributed by atoms with E-state index >= 15 is 0 Å². The predicted octanol–water partition coefficient (Wildman–Crippen LogP) is 3.77. The van der Waals surface area contributed by atoms with Gasteiger partial charge < -0.3 is 9.84 Å².